The van der Waals surface area contributed by atoms with Crippen molar-refractivity contribution in [1.82, 2.24) is 0 Å². The summed E-state index contributed by atoms with van der Waals surface area (Å²) in [6, 6.07) is 3.94. The summed E-state index contributed by atoms with van der Waals surface area (Å²) < 4.78 is 5.68. The van der Waals surface area contributed by atoms with E-state index in [9.17, 15) is 0 Å². The molecule has 0 bridgehead atoms. The Balaban J connectivity index is 2.25. The molecule has 3 heteroatoms. The molecule has 0 spiro atoms. The van der Waals surface area contributed by atoms with Crippen LogP contribution in [-0.2, 0) is 6.42 Å². The molecule has 0 radical (unpaired) electrons. The molecule has 94 valence electrons. The molecule has 1 aliphatic heterocycles. The van der Waals surface area contributed by atoms with E-state index in [1.165, 1.54) is 5.56 Å². The molecule has 0 aromatic heterocycles. The van der Waals surface area contributed by atoms with Gasteiger partial charge in [-0.1, -0.05) is 31.9 Å². The zero-order valence-electron chi connectivity index (χ0n) is 10.3. The first kappa shape index (κ1) is 13.0. The third kappa shape index (κ3) is 2.89. The van der Waals surface area contributed by atoms with Gasteiger partial charge in [-0.3, -0.25) is 0 Å². The first-order chi connectivity index (χ1) is 8.11. The second-order valence-corrected chi connectivity index (χ2v) is 5.76. The molecule has 1 nitrogen and oxygen atoms in total. The number of alkyl halides is 1. The van der Waals surface area contributed by atoms with Crippen molar-refractivity contribution in [3.8, 4) is 5.75 Å². The minimum atomic E-state index is -0.00417. The average Bonchev–Trinajstić information content (AvgIpc) is 2.75. The van der Waals surface area contributed by atoms with Crippen molar-refractivity contribution in [3.63, 3.8) is 0 Å². The molecule has 2 unspecified atom stereocenters. The normalized spacial score (nSPS) is 17.4. The molecule has 2 rings (SSSR count). The summed E-state index contributed by atoms with van der Waals surface area (Å²) in [6.07, 6.45) is 3.05. The van der Waals surface area contributed by atoms with Gasteiger partial charge in [0.25, 0.3) is 0 Å². The highest BCUT2D eigenvalue weighted by molar-refractivity contribution is 6.31. The maximum atomic E-state index is 6.50. The van der Waals surface area contributed by atoms with Gasteiger partial charge in [-0.25, -0.2) is 0 Å². The van der Waals surface area contributed by atoms with Crippen LogP contribution in [0.5, 0.6) is 5.75 Å². The molecule has 0 amide bonds. The van der Waals surface area contributed by atoms with Crippen LogP contribution in [0.1, 0.15) is 43.2 Å². The number of benzene rings is 1. The monoisotopic (exact) mass is 272 g/mol. The van der Waals surface area contributed by atoms with Gasteiger partial charge in [0.05, 0.1) is 12.0 Å². The van der Waals surface area contributed by atoms with Gasteiger partial charge in [-0.15, -0.1) is 11.6 Å². The predicted octanol–water partition coefficient (Wildman–Crippen LogP) is 4.99. The highest BCUT2D eigenvalue weighted by Gasteiger charge is 2.23. The minimum absolute atomic E-state index is 0.00417. The molecule has 17 heavy (non-hydrogen) atoms. The number of fused-ring (bicyclic) bond motifs is 1. The first-order valence-electron chi connectivity index (χ1n) is 6.21. The van der Waals surface area contributed by atoms with Crippen LogP contribution in [0.15, 0.2) is 12.1 Å². The topological polar surface area (TPSA) is 9.23 Å². The SMILES string of the molecule is CCC(C)CC(Cl)c1cc(Cl)cc2c1OCC2. The highest BCUT2D eigenvalue weighted by Crippen LogP contribution is 2.41. The van der Waals surface area contributed by atoms with Crippen molar-refractivity contribution >= 4 is 23.2 Å². The molecule has 1 aliphatic rings. The predicted molar refractivity (Wildman–Crippen MR) is 73.3 cm³/mol. The van der Waals surface area contributed by atoms with E-state index in [0.717, 1.165) is 42.2 Å². The van der Waals surface area contributed by atoms with Crippen LogP contribution in [0.3, 0.4) is 0 Å². The Morgan fingerprint density at radius 3 is 2.88 bits per heavy atom. The Morgan fingerprint density at radius 2 is 2.18 bits per heavy atom. The van der Waals surface area contributed by atoms with Gasteiger partial charge >= 0.3 is 0 Å². The van der Waals surface area contributed by atoms with E-state index in [-0.39, 0.29) is 5.38 Å². The third-order valence-corrected chi connectivity index (χ3v) is 4.05. The third-order valence-electron chi connectivity index (χ3n) is 3.42. The summed E-state index contributed by atoms with van der Waals surface area (Å²) in [4.78, 5) is 0. The zero-order chi connectivity index (χ0) is 12.4. The van der Waals surface area contributed by atoms with E-state index in [1.54, 1.807) is 0 Å². The van der Waals surface area contributed by atoms with Crippen molar-refractivity contribution in [1.29, 1.82) is 0 Å². The number of rotatable bonds is 4. The zero-order valence-corrected chi connectivity index (χ0v) is 11.8. The maximum absolute atomic E-state index is 6.50. The van der Waals surface area contributed by atoms with Crippen LogP contribution >= 0.6 is 23.2 Å². The molecule has 0 saturated carbocycles. The molecule has 1 aromatic carbocycles. The van der Waals surface area contributed by atoms with Gasteiger partial charge in [0, 0.05) is 17.0 Å². The molecule has 0 aliphatic carbocycles. The molecule has 0 fully saturated rings. The van der Waals surface area contributed by atoms with Crippen molar-refractivity contribution in [3.05, 3.63) is 28.3 Å². The largest absolute Gasteiger partial charge is 0.493 e. The van der Waals surface area contributed by atoms with Crippen LogP contribution in [0, 0.1) is 5.92 Å². The summed E-state index contributed by atoms with van der Waals surface area (Å²) in [5, 5.41) is 0.759. The summed E-state index contributed by atoms with van der Waals surface area (Å²) in [7, 11) is 0. The van der Waals surface area contributed by atoms with E-state index in [2.05, 4.69) is 13.8 Å². The fourth-order valence-corrected chi connectivity index (χ4v) is 2.89. The lowest BCUT2D eigenvalue weighted by Gasteiger charge is -2.17. The van der Waals surface area contributed by atoms with Gasteiger partial charge in [0.15, 0.2) is 0 Å². The second-order valence-electron chi connectivity index (χ2n) is 4.80. The highest BCUT2D eigenvalue weighted by atomic mass is 35.5. The standard InChI is InChI=1S/C14H18Cl2O/c1-3-9(2)6-13(16)12-8-11(15)7-10-4-5-17-14(10)12/h7-9,13H,3-6H2,1-2H3. The van der Waals surface area contributed by atoms with Gasteiger partial charge < -0.3 is 4.74 Å². The summed E-state index contributed by atoms with van der Waals surface area (Å²) in [6.45, 7) is 5.16. The van der Waals surface area contributed by atoms with E-state index < -0.39 is 0 Å². The Bertz CT molecular complexity index is 403. The van der Waals surface area contributed by atoms with E-state index in [0.29, 0.717) is 5.92 Å². The summed E-state index contributed by atoms with van der Waals surface area (Å²) >= 11 is 12.6. The molecule has 0 N–H and O–H groups in total. The maximum Gasteiger partial charge on any atom is 0.127 e. The lowest BCUT2D eigenvalue weighted by atomic mass is 9.96. The quantitative estimate of drug-likeness (QED) is 0.702. The lowest BCUT2D eigenvalue weighted by molar-refractivity contribution is 0.351. The molecule has 1 aromatic rings. The van der Waals surface area contributed by atoms with E-state index in [1.807, 2.05) is 12.1 Å². The number of hydrogen-bond acceptors (Lipinski definition) is 1. The van der Waals surface area contributed by atoms with Crippen LogP contribution in [0.2, 0.25) is 5.02 Å². The van der Waals surface area contributed by atoms with Gasteiger partial charge in [-0.05, 0) is 30.0 Å². The molecular weight excluding hydrogens is 255 g/mol. The van der Waals surface area contributed by atoms with Crippen LogP contribution in [0.4, 0.5) is 0 Å². The molecular formula is C14H18Cl2O. The van der Waals surface area contributed by atoms with Crippen molar-refractivity contribution in [2.45, 2.75) is 38.5 Å². The summed E-state index contributed by atoms with van der Waals surface area (Å²) in [5.74, 6) is 1.59. The van der Waals surface area contributed by atoms with E-state index >= 15 is 0 Å². The fraction of sp³-hybridized carbons (Fsp3) is 0.571. The van der Waals surface area contributed by atoms with Crippen molar-refractivity contribution in [2.24, 2.45) is 5.92 Å². The van der Waals surface area contributed by atoms with Crippen LogP contribution < -0.4 is 4.74 Å². The second kappa shape index (κ2) is 5.49. The number of ether oxygens (including phenoxy) is 1. The Morgan fingerprint density at radius 1 is 1.41 bits per heavy atom. The summed E-state index contributed by atoms with van der Waals surface area (Å²) in [5.41, 5.74) is 2.26. The fourth-order valence-electron chi connectivity index (χ4n) is 2.18. The lowest BCUT2D eigenvalue weighted by Crippen LogP contribution is -2.01. The van der Waals surface area contributed by atoms with Gasteiger partial charge in [0.2, 0.25) is 0 Å². The van der Waals surface area contributed by atoms with Crippen molar-refractivity contribution in [2.75, 3.05) is 6.61 Å². The Labute approximate surface area is 113 Å². The van der Waals surface area contributed by atoms with Crippen LogP contribution in [0.25, 0.3) is 0 Å². The molecule has 0 saturated heterocycles. The van der Waals surface area contributed by atoms with Crippen LogP contribution in [-0.4, -0.2) is 6.61 Å². The molecule has 1 heterocycles. The van der Waals surface area contributed by atoms with Crippen molar-refractivity contribution < 1.29 is 4.74 Å². The Kier molecular flexibility index (Phi) is 4.22. The minimum Gasteiger partial charge on any atom is -0.493 e. The number of hydrogen-bond donors (Lipinski definition) is 0. The van der Waals surface area contributed by atoms with Gasteiger partial charge in [0.1, 0.15) is 5.75 Å². The van der Waals surface area contributed by atoms with Gasteiger partial charge in [-0.2, -0.15) is 0 Å². The van der Waals surface area contributed by atoms with E-state index in [4.69, 9.17) is 27.9 Å². The number of halogens is 2. The smallest absolute Gasteiger partial charge is 0.127 e. The first-order valence-corrected chi connectivity index (χ1v) is 7.02. The average molecular weight is 273 g/mol. The Hall–Kier alpha value is -0.400. The molecule has 2 atom stereocenters.